The fourth-order valence-electron chi connectivity index (χ4n) is 8.03. The standard InChI is InChI=1S/C55H38N2O/c1-36(38-13-5-3-6-14-38)33-53(42-16-7-4-8-17-42)56-37(2)39-21-27-44(28-22-39)58-45-29-23-40(24-30-45)43-26-31-47-49-32-25-41-15-9-10-18-46(41)55(49)54-35-51(50(47)34-43)48-19-11-12-20-52(48)57-54/h3-35H,1H2,2H3/b53-33-,56-37+. The number of para-hydroxylation sites is 1. The van der Waals surface area contributed by atoms with Gasteiger partial charge in [0.15, 0.2) is 0 Å². The minimum Gasteiger partial charge on any atom is -0.457 e. The van der Waals surface area contributed by atoms with Crippen LogP contribution in [0.3, 0.4) is 0 Å². The Morgan fingerprint density at radius 1 is 0.517 bits per heavy atom. The quantitative estimate of drug-likeness (QED) is 0.115. The number of fused-ring (bicyclic) bond motifs is 11. The van der Waals surface area contributed by atoms with Gasteiger partial charge in [-0.3, -0.25) is 4.99 Å². The van der Waals surface area contributed by atoms with Crippen LogP contribution in [-0.4, -0.2) is 10.7 Å². The first-order valence-corrected chi connectivity index (χ1v) is 19.6. The molecule has 0 fully saturated rings. The van der Waals surface area contributed by atoms with Crippen molar-refractivity contribution in [3.05, 3.63) is 223 Å². The normalized spacial score (nSPS) is 12.2. The van der Waals surface area contributed by atoms with E-state index >= 15 is 0 Å². The first-order chi connectivity index (χ1) is 28.6. The van der Waals surface area contributed by atoms with Gasteiger partial charge < -0.3 is 4.74 Å². The number of pyridine rings is 1. The maximum Gasteiger partial charge on any atom is 0.127 e. The third-order valence-electron chi connectivity index (χ3n) is 11.0. The van der Waals surface area contributed by atoms with E-state index in [1.54, 1.807) is 0 Å². The van der Waals surface area contributed by atoms with Gasteiger partial charge in [-0.2, -0.15) is 0 Å². The van der Waals surface area contributed by atoms with Crippen LogP contribution < -0.4 is 4.74 Å². The maximum absolute atomic E-state index is 6.35. The molecule has 0 atom stereocenters. The molecule has 3 heteroatoms. The number of aliphatic imine (C=N–C) groups is 1. The van der Waals surface area contributed by atoms with Gasteiger partial charge in [0.1, 0.15) is 11.5 Å². The lowest BCUT2D eigenvalue weighted by Gasteiger charge is -2.14. The number of ether oxygens (including phenoxy) is 1. The molecule has 0 spiro atoms. The number of nitrogens with zero attached hydrogens (tertiary/aromatic N) is 2. The number of rotatable bonds is 8. The van der Waals surface area contributed by atoms with E-state index in [0.717, 1.165) is 72.9 Å². The van der Waals surface area contributed by atoms with Crippen LogP contribution in [0.25, 0.3) is 77.6 Å². The van der Waals surface area contributed by atoms with Crippen molar-refractivity contribution in [2.75, 3.05) is 0 Å². The lowest BCUT2D eigenvalue weighted by Crippen LogP contribution is -1.96. The Bertz CT molecular complexity index is 3070. The van der Waals surface area contributed by atoms with Crippen LogP contribution in [-0.2, 0) is 0 Å². The Kier molecular flexibility index (Phi) is 8.89. The fourth-order valence-corrected chi connectivity index (χ4v) is 8.03. The Hall–Kier alpha value is -7.62. The molecule has 0 saturated carbocycles. The number of aromatic nitrogens is 1. The van der Waals surface area contributed by atoms with E-state index in [-0.39, 0.29) is 0 Å². The molecule has 8 aromatic carbocycles. The van der Waals surface area contributed by atoms with E-state index in [1.807, 2.05) is 67.6 Å². The zero-order valence-electron chi connectivity index (χ0n) is 32.1. The van der Waals surface area contributed by atoms with E-state index in [1.165, 1.54) is 38.6 Å². The van der Waals surface area contributed by atoms with Crippen molar-refractivity contribution in [3.63, 3.8) is 0 Å². The van der Waals surface area contributed by atoms with Crippen molar-refractivity contribution in [1.29, 1.82) is 0 Å². The van der Waals surface area contributed by atoms with Gasteiger partial charge in [-0.1, -0.05) is 146 Å². The van der Waals surface area contributed by atoms with E-state index in [0.29, 0.717) is 0 Å². The molecular weight excluding hydrogens is 705 g/mol. The van der Waals surface area contributed by atoms with Crippen LogP contribution in [0.15, 0.2) is 212 Å². The lowest BCUT2D eigenvalue weighted by atomic mass is 9.89. The van der Waals surface area contributed by atoms with Crippen LogP contribution in [0, 0.1) is 0 Å². The third-order valence-corrected chi connectivity index (χ3v) is 11.0. The highest BCUT2D eigenvalue weighted by Gasteiger charge is 2.23. The number of hydrogen-bond donors (Lipinski definition) is 0. The molecule has 0 amide bonds. The summed E-state index contributed by atoms with van der Waals surface area (Å²) in [5.41, 5.74) is 16.1. The van der Waals surface area contributed by atoms with Crippen molar-refractivity contribution in [1.82, 2.24) is 4.98 Å². The van der Waals surface area contributed by atoms with Crippen LogP contribution in [0.5, 0.6) is 11.5 Å². The van der Waals surface area contributed by atoms with Gasteiger partial charge in [-0.05, 0) is 128 Å². The zero-order chi connectivity index (χ0) is 39.0. The summed E-state index contributed by atoms with van der Waals surface area (Å²) in [6.45, 7) is 6.37. The molecule has 3 nitrogen and oxygen atoms in total. The number of benzene rings is 8. The molecule has 10 rings (SSSR count). The summed E-state index contributed by atoms with van der Waals surface area (Å²) in [4.78, 5) is 10.3. The molecule has 9 aromatic rings. The van der Waals surface area contributed by atoms with E-state index in [4.69, 9.17) is 14.7 Å². The Morgan fingerprint density at radius 3 is 1.90 bits per heavy atom. The highest BCUT2D eigenvalue weighted by Crippen LogP contribution is 2.48. The van der Waals surface area contributed by atoms with Crippen molar-refractivity contribution in [2.45, 2.75) is 6.92 Å². The highest BCUT2D eigenvalue weighted by molar-refractivity contribution is 6.11. The summed E-state index contributed by atoms with van der Waals surface area (Å²) >= 11 is 0. The summed E-state index contributed by atoms with van der Waals surface area (Å²) in [7, 11) is 0. The molecule has 1 aromatic heterocycles. The van der Waals surface area contributed by atoms with Crippen LogP contribution in [0.4, 0.5) is 0 Å². The van der Waals surface area contributed by atoms with Crippen molar-refractivity contribution in [3.8, 4) is 56.1 Å². The smallest absolute Gasteiger partial charge is 0.127 e. The summed E-state index contributed by atoms with van der Waals surface area (Å²) in [5.74, 6) is 1.54. The van der Waals surface area contributed by atoms with Crippen LogP contribution in [0.2, 0.25) is 0 Å². The first-order valence-electron chi connectivity index (χ1n) is 19.6. The molecule has 0 radical (unpaired) electrons. The van der Waals surface area contributed by atoms with Crippen molar-refractivity contribution >= 4 is 38.7 Å². The molecule has 0 N–H and O–H groups in total. The number of hydrogen-bond acceptors (Lipinski definition) is 3. The minimum absolute atomic E-state index is 0.761. The monoisotopic (exact) mass is 742 g/mol. The van der Waals surface area contributed by atoms with E-state index < -0.39 is 0 Å². The Labute approximate surface area is 338 Å². The van der Waals surface area contributed by atoms with Gasteiger partial charge in [0, 0.05) is 22.2 Å². The van der Waals surface area contributed by atoms with Gasteiger partial charge in [0.25, 0.3) is 0 Å². The minimum atomic E-state index is 0.761. The second kappa shape index (κ2) is 14.8. The average Bonchev–Trinajstić information content (AvgIpc) is 3.39. The molecule has 58 heavy (non-hydrogen) atoms. The van der Waals surface area contributed by atoms with Gasteiger partial charge in [-0.15, -0.1) is 0 Å². The molecule has 1 heterocycles. The molecule has 2 bridgehead atoms. The molecule has 274 valence electrons. The summed E-state index contributed by atoms with van der Waals surface area (Å²) in [6, 6.07) is 67.6. The van der Waals surface area contributed by atoms with Crippen LogP contribution in [0.1, 0.15) is 23.6 Å². The van der Waals surface area contributed by atoms with Crippen LogP contribution >= 0.6 is 0 Å². The second-order valence-electron chi connectivity index (χ2n) is 14.7. The third kappa shape index (κ3) is 6.59. The molecule has 0 aliphatic heterocycles. The molecule has 1 aliphatic carbocycles. The van der Waals surface area contributed by atoms with Crippen molar-refractivity contribution < 1.29 is 4.74 Å². The van der Waals surface area contributed by atoms with Gasteiger partial charge >= 0.3 is 0 Å². The lowest BCUT2D eigenvalue weighted by molar-refractivity contribution is 0.483. The SMILES string of the molecule is C=C(/C=C(\N=C(/C)c1ccc(Oc2ccc(-c3ccc4c(c3)-c3cc(nc5ccccc35)-c3c-4ccc4ccccc34)cc2)cc1)c1ccccc1)c1ccccc1. The average molecular weight is 743 g/mol. The molecule has 0 saturated heterocycles. The predicted molar refractivity (Wildman–Crippen MR) is 243 cm³/mol. The highest BCUT2D eigenvalue weighted by atomic mass is 16.5. The topological polar surface area (TPSA) is 34.5 Å². The summed E-state index contributed by atoms with van der Waals surface area (Å²) < 4.78 is 6.35. The maximum atomic E-state index is 6.35. The molecule has 1 aliphatic rings. The van der Waals surface area contributed by atoms with Gasteiger partial charge in [0.05, 0.1) is 16.9 Å². The van der Waals surface area contributed by atoms with Gasteiger partial charge in [0.2, 0.25) is 0 Å². The first kappa shape index (κ1) is 34.8. The molecular formula is C55H38N2O. The largest absolute Gasteiger partial charge is 0.457 e. The van der Waals surface area contributed by atoms with Crippen molar-refractivity contribution in [2.24, 2.45) is 4.99 Å². The Morgan fingerprint density at radius 2 is 1.14 bits per heavy atom. The zero-order valence-corrected chi connectivity index (χ0v) is 32.1. The fraction of sp³-hybridized carbons (Fsp3) is 0.0182. The Balaban J connectivity index is 0.924. The molecule has 0 unspecified atom stereocenters. The summed E-state index contributed by atoms with van der Waals surface area (Å²) in [5, 5.41) is 3.58. The van der Waals surface area contributed by atoms with Gasteiger partial charge in [-0.25, -0.2) is 4.98 Å². The number of allylic oxidation sites excluding steroid dienone is 2. The van der Waals surface area contributed by atoms with E-state index in [2.05, 4.69) is 146 Å². The summed E-state index contributed by atoms with van der Waals surface area (Å²) in [6.07, 6.45) is 2.05. The second-order valence-corrected chi connectivity index (χ2v) is 14.7. The predicted octanol–water partition coefficient (Wildman–Crippen LogP) is 14.7. The van der Waals surface area contributed by atoms with E-state index in [9.17, 15) is 0 Å².